The highest BCUT2D eigenvalue weighted by Gasteiger charge is 2.08. The van der Waals surface area contributed by atoms with E-state index < -0.39 is 17.2 Å². The summed E-state index contributed by atoms with van der Waals surface area (Å²) in [5, 5.41) is -0.266. The summed E-state index contributed by atoms with van der Waals surface area (Å²) in [7, 11) is 0. The van der Waals surface area contributed by atoms with Gasteiger partial charge in [-0.1, -0.05) is 11.6 Å². The lowest BCUT2D eigenvalue weighted by Gasteiger charge is -1.96. The van der Waals surface area contributed by atoms with E-state index in [1.165, 1.54) is 6.29 Å². The maximum absolute atomic E-state index is 12.5. The first-order chi connectivity index (χ1) is 5.15. The third-order valence-electron chi connectivity index (χ3n) is 1.11. The van der Waals surface area contributed by atoms with Gasteiger partial charge in [-0.2, -0.15) is 0 Å². The van der Waals surface area contributed by atoms with Gasteiger partial charge in [-0.3, -0.25) is 4.79 Å². The molecule has 0 amide bonds. The van der Waals surface area contributed by atoms with Crippen LogP contribution in [-0.4, -0.2) is 6.29 Å². The van der Waals surface area contributed by atoms with Crippen LogP contribution >= 0.6 is 11.6 Å². The Kier molecular flexibility index (Phi) is 2.19. The van der Waals surface area contributed by atoms with Crippen LogP contribution in [0.25, 0.3) is 0 Å². The van der Waals surface area contributed by atoms with Crippen molar-refractivity contribution in [3.63, 3.8) is 0 Å². The third-order valence-corrected chi connectivity index (χ3v) is 1.41. The molecule has 1 radical (unpaired) electrons. The quantitative estimate of drug-likeness (QED) is 0.639. The molecule has 0 aliphatic heterocycles. The van der Waals surface area contributed by atoms with Crippen molar-refractivity contribution in [3.05, 3.63) is 34.4 Å². The molecule has 0 spiro atoms. The molecule has 0 bridgehead atoms. The molecule has 1 nitrogen and oxygen atoms in total. The Bertz CT molecular complexity index is 275. The van der Waals surface area contributed by atoms with Crippen LogP contribution in [0.5, 0.6) is 0 Å². The minimum absolute atomic E-state index is 0.266. The number of benzene rings is 1. The molecule has 0 fully saturated rings. The summed E-state index contributed by atoms with van der Waals surface area (Å²) < 4.78 is 24.8. The van der Waals surface area contributed by atoms with Crippen LogP contribution in [0.1, 0.15) is 5.56 Å². The average Bonchev–Trinajstić information content (AvgIpc) is 1.85. The molecule has 0 aliphatic rings. The van der Waals surface area contributed by atoms with Crippen molar-refractivity contribution in [1.82, 2.24) is 0 Å². The summed E-state index contributed by atoms with van der Waals surface area (Å²) in [5.74, 6) is -1.81. The van der Waals surface area contributed by atoms with Gasteiger partial charge < -0.3 is 0 Å². The number of carbonyl (C=O) groups excluding carboxylic acids is 1. The second-order valence-electron chi connectivity index (χ2n) is 1.85. The lowest BCUT2D eigenvalue weighted by atomic mass is 10.2. The molecule has 0 atom stereocenters. The van der Waals surface area contributed by atoms with Crippen molar-refractivity contribution in [2.45, 2.75) is 0 Å². The molecular weight excluding hydrogens is 174 g/mol. The molecule has 0 unspecified atom stereocenters. The SMILES string of the molecule is O=[C]c1c(F)cc(F)cc1Cl. The van der Waals surface area contributed by atoms with Crippen molar-refractivity contribution in [1.29, 1.82) is 0 Å². The summed E-state index contributed by atoms with van der Waals surface area (Å²) in [6.45, 7) is 0. The predicted molar refractivity (Wildman–Crippen MR) is 36.2 cm³/mol. The second kappa shape index (κ2) is 2.96. The summed E-state index contributed by atoms with van der Waals surface area (Å²) in [6, 6.07) is 1.43. The van der Waals surface area contributed by atoms with E-state index in [1.807, 2.05) is 0 Å². The standard InChI is InChI=1S/C7H2ClF2O/c8-6-1-4(9)2-7(10)5(6)3-11/h1-2H. The van der Waals surface area contributed by atoms with E-state index >= 15 is 0 Å². The zero-order valence-corrected chi connectivity index (χ0v) is 5.95. The molecule has 0 heterocycles. The molecule has 4 heteroatoms. The van der Waals surface area contributed by atoms with Crippen LogP contribution in [-0.2, 0) is 4.79 Å². The fourth-order valence-electron chi connectivity index (χ4n) is 0.640. The van der Waals surface area contributed by atoms with Gasteiger partial charge in [0.05, 0.1) is 10.6 Å². The zero-order chi connectivity index (χ0) is 8.43. The Labute approximate surface area is 66.6 Å². The molecule has 0 aliphatic carbocycles. The highest BCUT2D eigenvalue weighted by molar-refractivity contribution is 6.32. The molecule has 0 saturated carbocycles. The maximum Gasteiger partial charge on any atom is 0.238 e. The van der Waals surface area contributed by atoms with Crippen molar-refractivity contribution < 1.29 is 13.6 Å². The van der Waals surface area contributed by atoms with Crippen LogP contribution in [0, 0.1) is 11.6 Å². The Hall–Kier alpha value is -0.960. The van der Waals surface area contributed by atoms with Crippen LogP contribution in [0.4, 0.5) is 8.78 Å². The van der Waals surface area contributed by atoms with Crippen molar-refractivity contribution >= 4 is 17.9 Å². The predicted octanol–water partition coefficient (Wildman–Crippen LogP) is 2.08. The van der Waals surface area contributed by atoms with E-state index in [-0.39, 0.29) is 5.02 Å². The van der Waals surface area contributed by atoms with Gasteiger partial charge >= 0.3 is 0 Å². The lowest BCUT2D eigenvalue weighted by Crippen LogP contribution is -1.90. The summed E-state index contributed by atoms with van der Waals surface area (Å²) in [5.41, 5.74) is -0.437. The summed E-state index contributed by atoms with van der Waals surface area (Å²) in [6.07, 6.45) is 1.27. The first-order valence-electron chi connectivity index (χ1n) is 2.68. The Morgan fingerprint density at radius 2 is 2.00 bits per heavy atom. The van der Waals surface area contributed by atoms with Crippen molar-refractivity contribution in [2.24, 2.45) is 0 Å². The van der Waals surface area contributed by atoms with Gasteiger partial charge in [0.2, 0.25) is 6.29 Å². The van der Waals surface area contributed by atoms with Crippen LogP contribution in [0.15, 0.2) is 12.1 Å². The Morgan fingerprint density at radius 3 is 2.45 bits per heavy atom. The molecule has 11 heavy (non-hydrogen) atoms. The summed E-state index contributed by atoms with van der Waals surface area (Å²) in [4.78, 5) is 9.99. The topological polar surface area (TPSA) is 17.1 Å². The van der Waals surface area contributed by atoms with E-state index in [1.54, 1.807) is 0 Å². The molecule has 1 aromatic carbocycles. The van der Waals surface area contributed by atoms with E-state index in [9.17, 15) is 13.6 Å². The number of hydrogen-bond acceptors (Lipinski definition) is 1. The van der Waals surface area contributed by atoms with Gasteiger partial charge in [0.1, 0.15) is 11.6 Å². The number of halogens is 3. The first-order valence-corrected chi connectivity index (χ1v) is 3.05. The van der Waals surface area contributed by atoms with E-state index in [0.29, 0.717) is 6.07 Å². The highest BCUT2D eigenvalue weighted by atomic mass is 35.5. The van der Waals surface area contributed by atoms with E-state index in [4.69, 9.17) is 11.6 Å². The second-order valence-corrected chi connectivity index (χ2v) is 2.25. The number of rotatable bonds is 1. The third kappa shape index (κ3) is 1.54. The molecule has 0 aromatic heterocycles. The van der Waals surface area contributed by atoms with Gasteiger partial charge in [0.25, 0.3) is 0 Å². The monoisotopic (exact) mass is 175 g/mol. The minimum atomic E-state index is -0.995. The maximum atomic E-state index is 12.5. The van der Waals surface area contributed by atoms with Crippen LogP contribution in [0.2, 0.25) is 5.02 Å². The van der Waals surface area contributed by atoms with Gasteiger partial charge in [-0.15, -0.1) is 0 Å². The van der Waals surface area contributed by atoms with E-state index in [0.717, 1.165) is 6.07 Å². The molecular formula is C7H2ClF2O. The van der Waals surface area contributed by atoms with Crippen LogP contribution < -0.4 is 0 Å². The van der Waals surface area contributed by atoms with Gasteiger partial charge in [-0.05, 0) is 6.07 Å². The molecule has 0 saturated heterocycles. The van der Waals surface area contributed by atoms with Gasteiger partial charge in [-0.25, -0.2) is 8.78 Å². The van der Waals surface area contributed by atoms with Gasteiger partial charge in [0, 0.05) is 6.07 Å². The summed E-state index contributed by atoms with van der Waals surface area (Å²) >= 11 is 5.29. The Morgan fingerprint density at radius 1 is 1.36 bits per heavy atom. The lowest BCUT2D eigenvalue weighted by molar-refractivity contribution is 0.552. The molecule has 1 aromatic rings. The average molecular weight is 176 g/mol. The fraction of sp³-hybridized carbons (Fsp3) is 0. The van der Waals surface area contributed by atoms with E-state index in [2.05, 4.69) is 0 Å². The van der Waals surface area contributed by atoms with Crippen molar-refractivity contribution in [3.8, 4) is 0 Å². The number of hydrogen-bond donors (Lipinski definition) is 0. The Balaban J connectivity index is 3.36. The molecule has 1 rings (SSSR count). The van der Waals surface area contributed by atoms with Gasteiger partial charge in [0.15, 0.2) is 0 Å². The highest BCUT2D eigenvalue weighted by Crippen LogP contribution is 2.18. The van der Waals surface area contributed by atoms with Crippen molar-refractivity contribution in [2.75, 3.05) is 0 Å². The first kappa shape index (κ1) is 8.14. The van der Waals surface area contributed by atoms with Crippen LogP contribution in [0.3, 0.4) is 0 Å². The minimum Gasteiger partial charge on any atom is -0.285 e. The molecule has 0 N–H and O–H groups in total. The largest absolute Gasteiger partial charge is 0.285 e. The zero-order valence-electron chi connectivity index (χ0n) is 5.20. The smallest absolute Gasteiger partial charge is 0.238 e. The molecule has 57 valence electrons. The normalized spacial score (nSPS) is 9.73. The fourth-order valence-corrected chi connectivity index (χ4v) is 0.873.